The van der Waals surface area contributed by atoms with Gasteiger partial charge < -0.3 is 10.1 Å². The highest BCUT2D eigenvalue weighted by molar-refractivity contribution is 5.63. The van der Waals surface area contributed by atoms with Crippen LogP contribution in [-0.4, -0.2) is 48.2 Å². The molecule has 0 atom stereocenters. The Labute approximate surface area is 165 Å². The molecule has 0 amide bonds. The van der Waals surface area contributed by atoms with Crippen LogP contribution in [0.4, 0.5) is 11.6 Å². The van der Waals surface area contributed by atoms with Crippen molar-refractivity contribution in [2.24, 2.45) is 0 Å². The first-order valence-electron chi connectivity index (χ1n) is 9.48. The van der Waals surface area contributed by atoms with Crippen molar-refractivity contribution in [3.8, 4) is 16.9 Å². The first kappa shape index (κ1) is 18.4. The largest absolute Gasteiger partial charge is 0.497 e. The Kier molecular flexibility index (Phi) is 5.80. The van der Waals surface area contributed by atoms with Crippen LogP contribution in [-0.2, 0) is 6.54 Å². The third-order valence-electron chi connectivity index (χ3n) is 4.84. The molecule has 2 aromatic carbocycles. The van der Waals surface area contributed by atoms with Crippen molar-refractivity contribution < 1.29 is 4.74 Å². The number of piperazine rings is 1. The van der Waals surface area contributed by atoms with E-state index in [1.165, 1.54) is 5.56 Å². The maximum Gasteiger partial charge on any atom is 0.227 e. The van der Waals surface area contributed by atoms with Crippen LogP contribution in [0.3, 0.4) is 0 Å². The average Bonchev–Trinajstić information content (AvgIpc) is 2.76. The van der Waals surface area contributed by atoms with Crippen LogP contribution >= 0.6 is 0 Å². The van der Waals surface area contributed by atoms with E-state index >= 15 is 0 Å². The van der Waals surface area contributed by atoms with Gasteiger partial charge in [-0.25, -0.2) is 15.3 Å². The zero-order valence-electron chi connectivity index (χ0n) is 16.0. The molecule has 1 N–H and O–H groups in total. The van der Waals surface area contributed by atoms with E-state index in [0.29, 0.717) is 5.95 Å². The summed E-state index contributed by atoms with van der Waals surface area (Å²) in [6, 6.07) is 16.3. The van der Waals surface area contributed by atoms with E-state index in [4.69, 9.17) is 4.74 Å². The normalized spacial score (nSPS) is 14.6. The summed E-state index contributed by atoms with van der Waals surface area (Å²) in [6.07, 6.45) is 3.65. The van der Waals surface area contributed by atoms with Gasteiger partial charge >= 0.3 is 0 Å². The summed E-state index contributed by atoms with van der Waals surface area (Å²) >= 11 is 0. The molecule has 0 unspecified atom stereocenters. The summed E-state index contributed by atoms with van der Waals surface area (Å²) in [4.78, 5) is 11.3. The van der Waals surface area contributed by atoms with Gasteiger partial charge in [0.05, 0.1) is 7.11 Å². The van der Waals surface area contributed by atoms with Crippen molar-refractivity contribution in [1.29, 1.82) is 0 Å². The SMILES string of the molecule is COc1ccc(-c2cnc(Nc3ccc(CN4CC[N]CC4)cc3)nc2)cc1. The standard InChI is InChI=1S/C22H24N5O/c1-28-21-8-4-18(5-9-21)19-14-24-22(25-15-19)26-20-6-2-17(3-7-20)16-27-12-10-23-11-13-27/h2-9,14-15H,10-13,16H2,1H3,(H,24,25,26). The van der Waals surface area contributed by atoms with Crippen LogP contribution in [0.2, 0.25) is 0 Å². The first-order valence-corrected chi connectivity index (χ1v) is 9.48. The Morgan fingerprint density at radius 2 is 1.57 bits per heavy atom. The maximum atomic E-state index is 5.19. The molecule has 6 nitrogen and oxygen atoms in total. The number of hydrogen-bond acceptors (Lipinski definition) is 5. The molecule has 1 aromatic heterocycles. The molecule has 0 saturated carbocycles. The van der Waals surface area contributed by atoms with Crippen LogP contribution in [0.15, 0.2) is 60.9 Å². The smallest absolute Gasteiger partial charge is 0.227 e. The van der Waals surface area contributed by atoms with Crippen molar-refractivity contribution in [3.05, 3.63) is 66.5 Å². The van der Waals surface area contributed by atoms with Gasteiger partial charge in [-0.05, 0) is 35.4 Å². The highest BCUT2D eigenvalue weighted by Crippen LogP contribution is 2.22. The summed E-state index contributed by atoms with van der Waals surface area (Å²) in [5.41, 5.74) is 4.32. The van der Waals surface area contributed by atoms with Crippen molar-refractivity contribution in [2.75, 3.05) is 38.6 Å². The summed E-state index contributed by atoms with van der Waals surface area (Å²) < 4.78 is 5.19. The van der Waals surface area contributed by atoms with Gasteiger partial charge in [-0.3, -0.25) is 4.90 Å². The molecular formula is C22H24N5O. The van der Waals surface area contributed by atoms with Gasteiger partial charge in [-0.2, -0.15) is 0 Å². The van der Waals surface area contributed by atoms with Crippen LogP contribution in [0.25, 0.3) is 11.1 Å². The third kappa shape index (κ3) is 4.65. The molecule has 0 spiro atoms. The van der Waals surface area contributed by atoms with Crippen LogP contribution in [0, 0.1) is 0 Å². The Balaban J connectivity index is 1.37. The molecular weight excluding hydrogens is 350 g/mol. The molecule has 6 heteroatoms. The fourth-order valence-corrected chi connectivity index (χ4v) is 3.21. The molecule has 1 fully saturated rings. The second-order valence-electron chi connectivity index (χ2n) is 6.79. The van der Waals surface area contributed by atoms with E-state index in [2.05, 4.69) is 49.8 Å². The van der Waals surface area contributed by atoms with Gasteiger partial charge in [0, 0.05) is 56.4 Å². The van der Waals surface area contributed by atoms with E-state index in [9.17, 15) is 0 Å². The zero-order valence-corrected chi connectivity index (χ0v) is 16.0. The number of hydrogen-bond donors (Lipinski definition) is 1. The number of methoxy groups -OCH3 is 1. The van der Waals surface area contributed by atoms with E-state index in [1.54, 1.807) is 7.11 Å². The number of nitrogens with one attached hydrogen (secondary N) is 1. The maximum absolute atomic E-state index is 5.19. The van der Waals surface area contributed by atoms with Crippen LogP contribution in [0.1, 0.15) is 5.56 Å². The Morgan fingerprint density at radius 3 is 2.21 bits per heavy atom. The number of anilines is 2. The highest BCUT2D eigenvalue weighted by atomic mass is 16.5. The van der Waals surface area contributed by atoms with Crippen LogP contribution in [0.5, 0.6) is 5.75 Å². The minimum atomic E-state index is 0.586. The van der Waals surface area contributed by atoms with Gasteiger partial charge in [0.25, 0.3) is 0 Å². The lowest BCUT2D eigenvalue weighted by Crippen LogP contribution is -2.39. The molecule has 3 aromatic rings. The summed E-state index contributed by atoms with van der Waals surface area (Å²) in [5, 5.41) is 7.65. The fraction of sp³-hybridized carbons (Fsp3) is 0.273. The van der Waals surface area contributed by atoms with Gasteiger partial charge in [-0.1, -0.05) is 24.3 Å². The Hall–Kier alpha value is -2.96. The predicted molar refractivity (Wildman–Crippen MR) is 111 cm³/mol. The first-order chi connectivity index (χ1) is 13.8. The van der Waals surface area contributed by atoms with Crippen LogP contribution < -0.4 is 15.4 Å². The molecule has 2 heterocycles. The van der Waals surface area contributed by atoms with E-state index < -0.39 is 0 Å². The van der Waals surface area contributed by atoms with Crippen molar-refractivity contribution >= 4 is 11.6 Å². The Bertz CT molecular complexity index is 872. The van der Waals surface area contributed by atoms with Gasteiger partial charge in [-0.15, -0.1) is 0 Å². The van der Waals surface area contributed by atoms with Crippen molar-refractivity contribution in [3.63, 3.8) is 0 Å². The van der Waals surface area contributed by atoms with E-state index in [0.717, 1.165) is 55.3 Å². The quantitative estimate of drug-likeness (QED) is 0.717. The second-order valence-corrected chi connectivity index (χ2v) is 6.79. The molecule has 143 valence electrons. The molecule has 1 saturated heterocycles. The second kappa shape index (κ2) is 8.82. The number of benzene rings is 2. The lowest BCUT2D eigenvalue weighted by molar-refractivity contribution is 0.231. The topological polar surface area (TPSA) is 64.4 Å². The average molecular weight is 374 g/mol. The molecule has 1 aliphatic heterocycles. The van der Waals surface area contributed by atoms with Crippen molar-refractivity contribution in [2.45, 2.75) is 6.54 Å². The predicted octanol–water partition coefficient (Wildman–Crippen LogP) is 3.32. The lowest BCUT2D eigenvalue weighted by Gasteiger charge is -2.26. The minimum Gasteiger partial charge on any atom is -0.497 e. The third-order valence-corrected chi connectivity index (χ3v) is 4.84. The van der Waals surface area contributed by atoms with Gasteiger partial charge in [0.15, 0.2) is 0 Å². The lowest BCUT2D eigenvalue weighted by atomic mass is 10.1. The minimum absolute atomic E-state index is 0.586. The van der Waals surface area contributed by atoms with E-state index in [-0.39, 0.29) is 0 Å². The number of ether oxygens (including phenoxy) is 1. The molecule has 0 aliphatic carbocycles. The van der Waals surface area contributed by atoms with Gasteiger partial charge in [0.1, 0.15) is 5.75 Å². The number of rotatable bonds is 6. The van der Waals surface area contributed by atoms with Crippen molar-refractivity contribution in [1.82, 2.24) is 20.2 Å². The number of aromatic nitrogens is 2. The van der Waals surface area contributed by atoms with E-state index in [1.807, 2.05) is 36.7 Å². The van der Waals surface area contributed by atoms with Gasteiger partial charge in [0.2, 0.25) is 5.95 Å². The Morgan fingerprint density at radius 1 is 0.893 bits per heavy atom. The summed E-state index contributed by atoms with van der Waals surface area (Å²) in [7, 11) is 1.66. The number of nitrogens with zero attached hydrogens (tertiary/aromatic N) is 4. The highest BCUT2D eigenvalue weighted by Gasteiger charge is 2.10. The fourth-order valence-electron chi connectivity index (χ4n) is 3.21. The molecule has 1 radical (unpaired) electrons. The molecule has 28 heavy (non-hydrogen) atoms. The molecule has 4 rings (SSSR count). The summed E-state index contributed by atoms with van der Waals surface area (Å²) in [6.45, 7) is 4.97. The zero-order chi connectivity index (χ0) is 19.2. The monoisotopic (exact) mass is 374 g/mol. The summed E-state index contributed by atoms with van der Waals surface area (Å²) in [5.74, 6) is 1.42. The molecule has 1 aliphatic rings. The molecule has 0 bridgehead atoms.